The van der Waals surface area contributed by atoms with Gasteiger partial charge in [0, 0.05) is 12.2 Å². The first-order valence-corrected chi connectivity index (χ1v) is 11.1. The highest BCUT2D eigenvalue weighted by molar-refractivity contribution is 7.90. The number of hydrogen-bond acceptors (Lipinski definition) is 6. The summed E-state index contributed by atoms with van der Waals surface area (Å²) in [4.78, 5) is 26.3. The molecule has 0 spiro atoms. The number of likely N-dealkylation sites (N-methyl/N-ethyl adjacent to an activating group) is 1. The maximum absolute atomic E-state index is 12.2. The van der Waals surface area contributed by atoms with Crippen molar-refractivity contribution in [2.45, 2.75) is 25.7 Å². The fourth-order valence-electron chi connectivity index (χ4n) is 2.64. The van der Waals surface area contributed by atoms with Crippen LogP contribution in [0.2, 0.25) is 0 Å². The molecule has 0 saturated heterocycles. The van der Waals surface area contributed by atoms with Crippen molar-refractivity contribution in [3.63, 3.8) is 0 Å². The summed E-state index contributed by atoms with van der Waals surface area (Å²) in [7, 11) is -3.98. The number of nitrogens with one attached hydrogen (secondary N) is 2. The Morgan fingerprint density at radius 1 is 0.967 bits per heavy atom. The van der Waals surface area contributed by atoms with Crippen LogP contribution >= 0.6 is 0 Å². The lowest BCUT2D eigenvalue weighted by Gasteiger charge is -2.17. The Kier molecular flexibility index (Phi) is 8.37. The summed E-state index contributed by atoms with van der Waals surface area (Å²) >= 11 is 0. The lowest BCUT2D eigenvalue weighted by atomic mass is 10.2. The summed E-state index contributed by atoms with van der Waals surface area (Å²) < 4.78 is 31.7. The van der Waals surface area contributed by atoms with Crippen molar-refractivity contribution in [2.24, 2.45) is 0 Å². The monoisotopic (exact) mass is 433 g/mol. The van der Waals surface area contributed by atoms with Gasteiger partial charge in [0.2, 0.25) is 0 Å². The number of aryl methyl sites for hydroxylation is 1. The van der Waals surface area contributed by atoms with Crippen LogP contribution in [0.1, 0.15) is 29.8 Å². The minimum Gasteiger partial charge on any atom is -0.461 e. The fourth-order valence-corrected chi connectivity index (χ4v) is 3.54. The smallest absolute Gasteiger partial charge is 0.338 e. The molecule has 8 nitrogen and oxygen atoms in total. The molecular formula is C21H27N3O5S. The average Bonchev–Trinajstić information content (AvgIpc) is 2.71. The first kappa shape index (κ1) is 23.4. The van der Waals surface area contributed by atoms with Crippen LogP contribution in [-0.4, -0.2) is 51.6 Å². The van der Waals surface area contributed by atoms with E-state index in [4.69, 9.17) is 4.74 Å². The molecule has 2 aromatic carbocycles. The van der Waals surface area contributed by atoms with E-state index in [0.29, 0.717) is 24.4 Å². The highest BCUT2D eigenvalue weighted by Gasteiger charge is 2.17. The molecule has 2 N–H and O–H groups in total. The molecule has 0 saturated carbocycles. The van der Waals surface area contributed by atoms with Crippen LogP contribution in [0.15, 0.2) is 53.4 Å². The van der Waals surface area contributed by atoms with E-state index in [0.717, 1.165) is 18.7 Å². The summed E-state index contributed by atoms with van der Waals surface area (Å²) in [5.41, 5.74) is 1.59. The average molecular weight is 434 g/mol. The number of esters is 1. The summed E-state index contributed by atoms with van der Waals surface area (Å²) in [6.45, 7) is 8.64. The van der Waals surface area contributed by atoms with Crippen molar-refractivity contribution in [3.05, 3.63) is 59.7 Å². The number of amides is 2. The predicted molar refractivity (Wildman–Crippen MR) is 115 cm³/mol. The van der Waals surface area contributed by atoms with E-state index in [1.807, 2.05) is 25.5 Å². The molecule has 2 rings (SSSR count). The highest BCUT2D eigenvalue weighted by atomic mass is 32.2. The van der Waals surface area contributed by atoms with Gasteiger partial charge in [0.05, 0.1) is 10.5 Å². The van der Waals surface area contributed by atoms with Gasteiger partial charge in [0.15, 0.2) is 0 Å². The Bertz CT molecular complexity index is 953. The third kappa shape index (κ3) is 6.85. The van der Waals surface area contributed by atoms with E-state index in [1.165, 1.54) is 36.4 Å². The topological polar surface area (TPSA) is 105 Å². The number of ether oxygens (including phenoxy) is 1. The number of benzene rings is 2. The number of carbonyl (C=O) groups excluding carboxylic acids is 2. The minimum absolute atomic E-state index is 0.00828. The van der Waals surface area contributed by atoms with Gasteiger partial charge >= 0.3 is 12.0 Å². The SMILES string of the molecule is CCN(CC)CCOC(=O)c1ccc(NC(=O)NS(=O)(=O)c2ccc(C)cc2)cc1. The fraction of sp³-hybridized carbons (Fsp3) is 0.333. The first-order chi connectivity index (χ1) is 14.2. The molecule has 0 aliphatic heterocycles. The third-order valence-electron chi connectivity index (χ3n) is 4.47. The molecule has 2 amide bonds. The second-order valence-corrected chi connectivity index (χ2v) is 8.30. The van der Waals surface area contributed by atoms with Gasteiger partial charge < -0.3 is 15.0 Å². The zero-order valence-electron chi connectivity index (χ0n) is 17.3. The van der Waals surface area contributed by atoms with Gasteiger partial charge in [-0.1, -0.05) is 31.5 Å². The Balaban J connectivity index is 1.89. The molecule has 0 radical (unpaired) electrons. The van der Waals surface area contributed by atoms with Gasteiger partial charge in [0.1, 0.15) is 6.61 Å². The molecule has 0 fully saturated rings. The zero-order chi connectivity index (χ0) is 22.1. The zero-order valence-corrected chi connectivity index (χ0v) is 18.2. The van der Waals surface area contributed by atoms with Crippen LogP contribution < -0.4 is 10.0 Å². The first-order valence-electron chi connectivity index (χ1n) is 9.65. The molecular weight excluding hydrogens is 406 g/mol. The number of hydrogen-bond donors (Lipinski definition) is 2. The van der Waals surface area contributed by atoms with Crippen LogP contribution in [0, 0.1) is 6.92 Å². The lowest BCUT2D eigenvalue weighted by Crippen LogP contribution is -2.34. The molecule has 9 heteroatoms. The predicted octanol–water partition coefficient (Wildman–Crippen LogP) is 3.00. The van der Waals surface area contributed by atoms with Crippen LogP contribution in [0.5, 0.6) is 0 Å². The van der Waals surface area contributed by atoms with E-state index >= 15 is 0 Å². The number of carbonyl (C=O) groups is 2. The van der Waals surface area contributed by atoms with E-state index in [1.54, 1.807) is 12.1 Å². The largest absolute Gasteiger partial charge is 0.461 e. The van der Waals surface area contributed by atoms with Crippen molar-refractivity contribution >= 4 is 27.7 Å². The van der Waals surface area contributed by atoms with E-state index in [9.17, 15) is 18.0 Å². The molecule has 0 bridgehead atoms. The molecule has 0 aliphatic rings. The van der Waals surface area contributed by atoms with E-state index in [2.05, 4.69) is 10.2 Å². The van der Waals surface area contributed by atoms with Crippen LogP contribution in [0.25, 0.3) is 0 Å². The quantitative estimate of drug-likeness (QED) is 0.589. The number of urea groups is 1. The van der Waals surface area contributed by atoms with Gasteiger partial charge in [-0.15, -0.1) is 0 Å². The molecule has 0 heterocycles. The second-order valence-electron chi connectivity index (χ2n) is 6.61. The molecule has 162 valence electrons. The molecule has 0 aromatic heterocycles. The molecule has 0 atom stereocenters. The Morgan fingerprint density at radius 3 is 2.13 bits per heavy atom. The second kappa shape index (κ2) is 10.7. The van der Waals surface area contributed by atoms with Crippen LogP contribution in [0.4, 0.5) is 10.5 Å². The molecule has 0 unspecified atom stereocenters. The maximum Gasteiger partial charge on any atom is 0.338 e. The Morgan fingerprint density at radius 2 is 1.57 bits per heavy atom. The Labute approximate surface area is 177 Å². The Hall–Kier alpha value is -2.91. The van der Waals surface area contributed by atoms with Crippen molar-refractivity contribution in [2.75, 3.05) is 31.6 Å². The van der Waals surface area contributed by atoms with Crippen molar-refractivity contribution in [1.82, 2.24) is 9.62 Å². The number of nitrogens with zero attached hydrogens (tertiary/aromatic N) is 1. The third-order valence-corrected chi connectivity index (χ3v) is 5.82. The molecule has 0 aliphatic carbocycles. The molecule has 30 heavy (non-hydrogen) atoms. The maximum atomic E-state index is 12.2. The standard InChI is InChI=1S/C21H27N3O5S/c1-4-24(5-2)14-15-29-20(25)17-8-10-18(11-9-17)22-21(26)23-30(27,28)19-12-6-16(3)7-13-19/h6-13H,4-5,14-15H2,1-3H3,(H2,22,23,26). The van der Waals surface area contributed by atoms with Gasteiger partial charge in [-0.2, -0.15) is 0 Å². The lowest BCUT2D eigenvalue weighted by molar-refractivity contribution is 0.0466. The normalized spacial score (nSPS) is 11.2. The number of anilines is 1. The van der Waals surface area contributed by atoms with Crippen LogP contribution in [0.3, 0.4) is 0 Å². The van der Waals surface area contributed by atoms with Gasteiger partial charge in [-0.05, 0) is 56.4 Å². The van der Waals surface area contributed by atoms with Gasteiger partial charge in [0.25, 0.3) is 10.0 Å². The summed E-state index contributed by atoms with van der Waals surface area (Å²) in [5, 5.41) is 2.43. The minimum atomic E-state index is -3.98. The summed E-state index contributed by atoms with van der Waals surface area (Å²) in [5.74, 6) is -0.458. The van der Waals surface area contributed by atoms with Crippen molar-refractivity contribution in [3.8, 4) is 0 Å². The van der Waals surface area contributed by atoms with Gasteiger partial charge in [-0.3, -0.25) is 0 Å². The van der Waals surface area contributed by atoms with E-state index in [-0.39, 0.29) is 4.90 Å². The van der Waals surface area contributed by atoms with Crippen molar-refractivity contribution < 1.29 is 22.7 Å². The van der Waals surface area contributed by atoms with E-state index < -0.39 is 22.0 Å². The summed E-state index contributed by atoms with van der Waals surface area (Å²) in [6.07, 6.45) is 0. The number of rotatable bonds is 9. The highest BCUT2D eigenvalue weighted by Crippen LogP contribution is 2.13. The van der Waals surface area contributed by atoms with Crippen LogP contribution in [-0.2, 0) is 14.8 Å². The molecule has 2 aromatic rings. The number of sulfonamides is 1. The van der Waals surface area contributed by atoms with Crippen molar-refractivity contribution in [1.29, 1.82) is 0 Å². The van der Waals surface area contributed by atoms with Gasteiger partial charge in [-0.25, -0.2) is 22.7 Å². The summed E-state index contributed by atoms with van der Waals surface area (Å²) in [6, 6.07) is 11.2.